The van der Waals surface area contributed by atoms with Crippen LogP contribution in [0, 0.1) is 5.92 Å². The molecular formula is C16H20Cl2N2O. The zero-order chi connectivity index (χ0) is 14.8. The molecule has 0 spiro atoms. The van der Waals surface area contributed by atoms with Crippen molar-refractivity contribution in [1.29, 1.82) is 0 Å². The lowest BCUT2D eigenvalue weighted by atomic mass is 9.98. The Morgan fingerprint density at radius 1 is 1.29 bits per heavy atom. The summed E-state index contributed by atoms with van der Waals surface area (Å²) in [5.41, 5.74) is 0.566. The molecule has 21 heavy (non-hydrogen) atoms. The van der Waals surface area contributed by atoms with Crippen molar-refractivity contribution in [2.45, 2.75) is 31.7 Å². The number of benzene rings is 1. The SMILES string of the molecule is O=C(c1ccc(Cl)cc1Cl)N(CC1CCCNC1)C1CC1. The Morgan fingerprint density at radius 2 is 2.10 bits per heavy atom. The number of carbonyl (C=O) groups is 1. The minimum atomic E-state index is 0.0461. The number of rotatable bonds is 4. The molecule has 0 aromatic heterocycles. The Balaban J connectivity index is 1.75. The third kappa shape index (κ3) is 3.71. The van der Waals surface area contributed by atoms with Crippen LogP contribution in [0.3, 0.4) is 0 Å². The number of carbonyl (C=O) groups excluding carboxylic acids is 1. The molecule has 2 aliphatic rings. The number of nitrogens with one attached hydrogen (secondary N) is 1. The van der Waals surface area contributed by atoms with Crippen LogP contribution in [0.1, 0.15) is 36.0 Å². The van der Waals surface area contributed by atoms with E-state index in [0.29, 0.717) is 27.6 Å². The number of halogens is 2. The minimum absolute atomic E-state index is 0.0461. The fourth-order valence-corrected chi connectivity index (χ4v) is 3.45. The third-order valence-corrected chi connectivity index (χ3v) is 4.81. The van der Waals surface area contributed by atoms with Crippen LogP contribution in [0.2, 0.25) is 10.0 Å². The average molecular weight is 327 g/mol. The molecule has 1 unspecified atom stereocenters. The Hall–Kier alpha value is -0.770. The second-order valence-corrected chi connectivity index (χ2v) is 6.87. The van der Waals surface area contributed by atoms with Gasteiger partial charge in [-0.1, -0.05) is 23.2 Å². The lowest BCUT2D eigenvalue weighted by molar-refractivity contribution is 0.0704. The summed E-state index contributed by atoms with van der Waals surface area (Å²) in [5.74, 6) is 0.596. The van der Waals surface area contributed by atoms with Gasteiger partial charge >= 0.3 is 0 Å². The molecule has 3 rings (SSSR count). The van der Waals surface area contributed by atoms with Crippen molar-refractivity contribution in [3.8, 4) is 0 Å². The highest BCUT2D eigenvalue weighted by Gasteiger charge is 2.35. The van der Waals surface area contributed by atoms with Crippen LogP contribution in [0.4, 0.5) is 0 Å². The number of piperidine rings is 1. The van der Waals surface area contributed by atoms with Crippen molar-refractivity contribution in [1.82, 2.24) is 10.2 Å². The quantitative estimate of drug-likeness (QED) is 0.916. The van der Waals surface area contributed by atoms with Gasteiger partial charge in [-0.25, -0.2) is 0 Å². The Bertz CT molecular complexity index is 525. The van der Waals surface area contributed by atoms with Crippen LogP contribution in [-0.2, 0) is 0 Å². The second-order valence-electron chi connectivity index (χ2n) is 6.03. The van der Waals surface area contributed by atoms with Crippen molar-refractivity contribution in [3.05, 3.63) is 33.8 Å². The lowest BCUT2D eigenvalue weighted by Gasteiger charge is -2.30. The summed E-state index contributed by atoms with van der Waals surface area (Å²) in [4.78, 5) is 14.8. The summed E-state index contributed by atoms with van der Waals surface area (Å²) in [6, 6.07) is 5.50. The summed E-state index contributed by atoms with van der Waals surface area (Å²) in [7, 11) is 0. The van der Waals surface area contributed by atoms with Gasteiger partial charge in [-0.3, -0.25) is 4.79 Å². The van der Waals surface area contributed by atoms with E-state index < -0.39 is 0 Å². The number of amides is 1. The number of hydrogen-bond donors (Lipinski definition) is 1. The summed E-state index contributed by atoms with van der Waals surface area (Å²) < 4.78 is 0. The van der Waals surface area contributed by atoms with E-state index in [-0.39, 0.29) is 5.91 Å². The molecule has 0 radical (unpaired) electrons. The Kier molecular flexibility index (Phi) is 4.72. The molecule has 5 heteroatoms. The third-order valence-electron chi connectivity index (χ3n) is 4.26. The largest absolute Gasteiger partial charge is 0.335 e. The van der Waals surface area contributed by atoms with Crippen LogP contribution in [0.15, 0.2) is 18.2 Å². The molecule has 1 N–H and O–H groups in total. The molecule has 1 aliphatic carbocycles. The van der Waals surface area contributed by atoms with Gasteiger partial charge in [0, 0.05) is 17.6 Å². The van der Waals surface area contributed by atoms with Gasteiger partial charge < -0.3 is 10.2 Å². The molecule has 0 bridgehead atoms. The minimum Gasteiger partial charge on any atom is -0.335 e. The molecule has 1 aliphatic heterocycles. The van der Waals surface area contributed by atoms with E-state index >= 15 is 0 Å². The zero-order valence-corrected chi connectivity index (χ0v) is 13.5. The first kappa shape index (κ1) is 15.1. The number of nitrogens with zero attached hydrogens (tertiary/aromatic N) is 1. The van der Waals surface area contributed by atoms with E-state index in [0.717, 1.165) is 32.5 Å². The first-order chi connectivity index (χ1) is 10.1. The highest BCUT2D eigenvalue weighted by Crippen LogP contribution is 2.32. The molecule has 1 amide bonds. The highest BCUT2D eigenvalue weighted by molar-refractivity contribution is 6.36. The first-order valence-corrected chi connectivity index (χ1v) is 8.37. The lowest BCUT2D eigenvalue weighted by Crippen LogP contribution is -2.42. The fourth-order valence-electron chi connectivity index (χ4n) is 2.96. The maximum atomic E-state index is 12.8. The van der Waals surface area contributed by atoms with Gasteiger partial charge in [-0.2, -0.15) is 0 Å². The van der Waals surface area contributed by atoms with E-state index in [4.69, 9.17) is 23.2 Å². The summed E-state index contributed by atoms with van der Waals surface area (Å²) in [6.45, 7) is 2.93. The van der Waals surface area contributed by atoms with Gasteiger partial charge in [0.05, 0.1) is 10.6 Å². The monoisotopic (exact) mass is 326 g/mol. The standard InChI is InChI=1S/C16H20Cl2N2O/c17-12-3-6-14(15(18)8-12)16(21)20(13-4-5-13)10-11-2-1-7-19-9-11/h3,6,8,11,13,19H,1-2,4-5,7,9-10H2. The van der Waals surface area contributed by atoms with E-state index in [9.17, 15) is 4.79 Å². The van der Waals surface area contributed by atoms with Crippen molar-refractivity contribution in [2.24, 2.45) is 5.92 Å². The maximum Gasteiger partial charge on any atom is 0.255 e. The van der Waals surface area contributed by atoms with E-state index in [2.05, 4.69) is 5.32 Å². The smallest absolute Gasteiger partial charge is 0.255 e. The molecule has 1 saturated heterocycles. The zero-order valence-electron chi connectivity index (χ0n) is 11.9. The van der Waals surface area contributed by atoms with E-state index in [1.807, 2.05) is 4.90 Å². The summed E-state index contributed by atoms with van der Waals surface area (Å²) in [6.07, 6.45) is 4.60. The molecule has 2 fully saturated rings. The van der Waals surface area contributed by atoms with Crippen molar-refractivity contribution in [3.63, 3.8) is 0 Å². The summed E-state index contributed by atoms with van der Waals surface area (Å²) >= 11 is 12.1. The van der Waals surface area contributed by atoms with Gasteiger partial charge in [0.15, 0.2) is 0 Å². The Morgan fingerprint density at radius 3 is 2.71 bits per heavy atom. The van der Waals surface area contributed by atoms with Gasteiger partial charge in [-0.05, 0) is 62.9 Å². The molecule has 1 heterocycles. The van der Waals surface area contributed by atoms with Crippen molar-refractivity contribution >= 4 is 29.1 Å². The summed E-state index contributed by atoms with van der Waals surface area (Å²) in [5, 5.41) is 4.42. The normalized spacial score (nSPS) is 22.1. The topological polar surface area (TPSA) is 32.3 Å². The molecule has 1 aromatic rings. The van der Waals surface area contributed by atoms with Crippen LogP contribution >= 0.6 is 23.2 Å². The van der Waals surface area contributed by atoms with Crippen LogP contribution in [-0.4, -0.2) is 36.5 Å². The molecule has 3 nitrogen and oxygen atoms in total. The second kappa shape index (κ2) is 6.55. The average Bonchev–Trinajstić information content (AvgIpc) is 3.30. The van der Waals surface area contributed by atoms with Crippen LogP contribution < -0.4 is 5.32 Å². The number of hydrogen-bond acceptors (Lipinski definition) is 2. The highest BCUT2D eigenvalue weighted by atomic mass is 35.5. The predicted molar refractivity (Wildman–Crippen MR) is 86.1 cm³/mol. The molecule has 114 valence electrons. The molecule has 1 aromatic carbocycles. The Labute approximate surface area is 135 Å². The fraction of sp³-hybridized carbons (Fsp3) is 0.562. The maximum absolute atomic E-state index is 12.8. The molecule has 1 atom stereocenters. The van der Waals surface area contributed by atoms with Gasteiger partial charge in [0.25, 0.3) is 5.91 Å². The van der Waals surface area contributed by atoms with Crippen molar-refractivity contribution < 1.29 is 4.79 Å². The van der Waals surface area contributed by atoms with Gasteiger partial charge in [-0.15, -0.1) is 0 Å². The van der Waals surface area contributed by atoms with E-state index in [1.54, 1.807) is 18.2 Å². The molecule has 1 saturated carbocycles. The van der Waals surface area contributed by atoms with Crippen LogP contribution in [0.25, 0.3) is 0 Å². The van der Waals surface area contributed by atoms with Gasteiger partial charge in [0.2, 0.25) is 0 Å². The van der Waals surface area contributed by atoms with E-state index in [1.165, 1.54) is 12.8 Å². The van der Waals surface area contributed by atoms with Crippen LogP contribution in [0.5, 0.6) is 0 Å². The van der Waals surface area contributed by atoms with Crippen molar-refractivity contribution in [2.75, 3.05) is 19.6 Å². The first-order valence-electron chi connectivity index (χ1n) is 7.62. The predicted octanol–water partition coefficient (Wildman–Crippen LogP) is 3.60. The van der Waals surface area contributed by atoms with Gasteiger partial charge in [0.1, 0.15) is 0 Å². The molecular weight excluding hydrogens is 307 g/mol.